The van der Waals surface area contributed by atoms with Gasteiger partial charge in [0.05, 0.1) is 22.9 Å². The van der Waals surface area contributed by atoms with E-state index in [-0.39, 0.29) is 5.91 Å². The summed E-state index contributed by atoms with van der Waals surface area (Å²) in [5, 5.41) is 18.6. The van der Waals surface area contributed by atoms with E-state index in [9.17, 15) is 4.79 Å². The molecule has 0 bridgehead atoms. The van der Waals surface area contributed by atoms with Crippen molar-refractivity contribution in [2.75, 3.05) is 5.32 Å². The lowest BCUT2D eigenvalue weighted by molar-refractivity contribution is 0.102. The number of para-hydroxylation sites is 1. The van der Waals surface area contributed by atoms with E-state index in [0.29, 0.717) is 11.4 Å². The van der Waals surface area contributed by atoms with Gasteiger partial charge in [0.1, 0.15) is 0 Å². The molecule has 108 valence electrons. The van der Waals surface area contributed by atoms with E-state index in [1.54, 1.807) is 6.20 Å². The fraction of sp³-hybridized carbons (Fsp3) is 0.0625. The topological polar surface area (TPSA) is 86.5 Å². The maximum Gasteiger partial charge on any atom is 0.276 e. The average Bonchev–Trinajstić information content (AvgIpc) is 3.13. The van der Waals surface area contributed by atoms with Gasteiger partial charge in [-0.3, -0.25) is 15.0 Å². The molecule has 0 atom stereocenters. The summed E-state index contributed by atoms with van der Waals surface area (Å²) in [5.74, 6) is -0.251. The van der Waals surface area contributed by atoms with Gasteiger partial charge in [0.2, 0.25) is 0 Å². The molecule has 0 unspecified atom stereocenters. The smallest absolute Gasteiger partial charge is 0.276 e. The van der Waals surface area contributed by atoms with E-state index < -0.39 is 0 Å². The second-order valence-electron chi connectivity index (χ2n) is 5.22. The first-order valence-corrected chi connectivity index (χ1v) is 6.90. The van der Waals surface area contributed by atoms with E-state index in [4.69, 9.17) is 0 Å². The van der Waals surface area contributed by atoms with Crippen LogP contribution in [0.15, 0.2) is 42.6 Å². The van der Waals surface area contributed by atoms with Crippen molar-refractivity contribution in [2.45, 2.75) is 6.92 Å². The first-order chi connectivity index (χ1) is 10.7. The summed E-state index contributed by atoms with van der Waals surface area (Å²) in [5.41, 5.74) is 3.79. The van der Waals surface area contributed by atoms with Gasteiger partial charge in [-0.1, -0.05) is 23.8 Å². The quantitative estimate of drug-likeness (QED) is 0.530. The molecule has 4 aromatic rings. The Morgan fingerprint density at radius 1 is 1.18 bits per heavy atom. The van der Waals surface area contributed by atoms with E-state index in [1.807, 2.05) is 43.3 Å². The minimum Gasteiger partial charge on any atom is -0.319 e. The number of H-pyrrole nitrogens is 2. The molecule has 6 nitrogen and oxygen atoms in total. The van der Waals surface area contributed by atoms with Crippen molar-refractivity contribution in [1.29, 1.82) is 0 Å². The largest absolute Gasteiger partial charge is 0.319 e. The molecule has 0 aliphatic carbocycles. The average molecular weight is 291 g/mol. The van der Waals surface area contributed by atoms with Crippen molar-refractivity contribution in [3.05, 3.63) is 53.9 Å². The number of rotatable bonds is 2. The molecule has 2 aromatic heterocycles. The maximum absolute atomic E-state index is 12.5. The summed E-state index contributed by atoms with van der Waals surface area (Å²) >= 11 is 0. The highest BCUT2D eigenvalue weighted by Crippen LogP contribution is 2.23. The normalized spacial score (nSPS) is 11.1. The van der Waals surface area contributed by atoms with Crippen LogP contribution in [-0.4, -0.2) is 26.3 Å². The van der Waals surface area contributed by atoms with Gasteiger partial charge in [-0.15, -0.1) is 0 Å². The highest BCUT2D eigenvalue weighted by atomic mass is 16.1. The first kappa shape index (κ1) is 12.6. The lowest BCUT2D eigenvalue weighted by atomic mass is 10.1. The Morgan fingerprint density at radius 3 is 3.00 bits per heavy atom. The number of nitrogens with zero attached hydrogens (tertiary/aromatic N) is 2. The molecule has 3 N–H and O–H groups in total. The van der Waals surface area contributed by atoms with Crippen LogP contribution in [0.2, 0.25) is 0 Å². The minimum atomic E-state index is -0.251. The molecular weight excluding hydrogens is 278 g/mol. The van der Waals surface area contributed by atoms with Gasteiger partial charge in [-0.2, -0.15) is 10.2 Å². The van der Waals surface area contributed by atoms with Gasteiger partial charge in [0.15, 0.2) is 5.69 Å². The molecule has 1 amide bonds. The maximum atomic E-state index is 12.5. The number of amides is 1. The van der Waals surface area contributed by atoms with Crippen LogP contribution in [0.4, 0.5) is 5.69 Å². The molecule has 4 rings (SSSR count). The Labute approximate surface area is 125 Å². The molecule has 0 saturated heterocycles. The zero-order valence-corrected chi connectivity index (χ0v) is 11.8. The van der Waals surface area contributed by atoms with Crippen molar-refractivity contribution in [3.63, 3.8) is 0 Å². The van der Waals surface area contributed by atoms with Crippen molar-refractivity contribution < 1.29 is 4.79 Å². The molecule has 22 heavy (non-hydrogen) atoms. The fourth-order valence-electron chi connectivity index (χ4n) is 2.56. The molecule has 0 spiro atoms. The van der Waals surface area contributed by atoms with Gasteiger partial charge in [-0.25, -0.2) is 0 Å². The number of aryl methyl sites for hydroxylation is 1. The number of aromatic nitrogens is 4. The molecular formula is C16H13N5O. The van der Waals surface area contributed by atoms with Crippen LogP contribution < -0.4 is 5.32 Å². The van der Waals surface area contributed by atoms with Crippen LogP contribution in [0.5, 0.6) is 0 Å². The Morgan fingerprint density at radius 2 is 2.09 bits per heavy atom. The van der Waals surface area contributed by atoms with Crippen LogP contribution in [0.25, 0.3) is 21.8 Å². The van der Waals surface area contributed by atoms with Gasteiger partial charge in [0, 0.05) is 10.8 Å². The zero-order valence-electron chi connectivity index (χ0n) is 11.8. The van der Waals surface area contributed by atoms with Crippen molar-refractivity contribution >= 4 is 33.4 Å². The van der Waals surface area contributed by atoms with Crippen LogP contribution in [-0.2, 0) is 0 Å². The van der Waals surface area contributed by atoms with Crippen LogP contribution in [0.3, 0.4) is 0 Å². The number of aromatic amines is 2. The molecule has 0 radical (unpaired) electrons. The van der Waals surface area contributed by atoms with Crippen LogP contribution in [0, 0.1) is 6.92 Å². The molecule has 0 fully saturated rings. The van der Waals surface area contributed by atoms with E-state index in [0.717, 1.165) is 27.4 Å². The lowest BCUT2D eigenvalue weighted by Gasteiger charge is -2.04. The second-order valence-corrected chi connectivity index (χ2v) is 5.22. The second kappa shape index (κ2) is 4.70. The molecule has 2 heterocycles. The standard InChI is InChI=1S/C16H13N5O/c1-9-5-6-12-11(7-9)15(21-19-12)16(22)18-13-4-2-3-10-8-17-20-14(10)13/h2-8H,1H3,(H,17,20)(H,18,22)(H,19,21). The third kappa shape index (κ3) is 1.93. The molecule has 6 heteroatoms. The van der Waals surface area contributed by atoms with Gasteiger partial charge in [-0.05, 0) is 25.1 Å². The molecule has 0 aliphatic heterocycles. The number of anilines is 1. The summed E-state index contributed by atoms with van der Waals surface area (Å²) in [7, 11) is 0. The van der Waals surface area contributed by atoms with Crippen molar-refractivity contribution in [2.24, 2.45) is 0 Å². The predicted molar refractivity (Wildman–Crippen MR) is 84.9 cm³/mol. The number of nitrogens with one attached hydrogen (secondary N) is 3. The summed E-state index contributed by atoms with van der Waals surface area (Å²) in [4.78, 5) is 12.5. The highest BCUT2D eigenvalue weighted by molar-refractivity contribution is 6.13. The van der Waals surface area contributed by atoms with Crippen LogP contribution in [0.1, 0.15) is 16.1 Å². The number of hydrogen-bond donors (Lipinski definition) is 3. The summed E-state index contributed by atoms with van der Waals surface area (Å²) < 4.78 is 0. The first-order valence-electron chi connectivity index (χ1n) is 6.90. The predicted octanol–water partition coefficient (Wildman–Crippen LogP) is 3.00. The number of carbonyl (C=O) groups is 1. The zero-order chi connectivity index (χ0) is 15.1. The molecule has 0 saturated carbocycles. The Hall–Kier alpha value is -3.15. The Balaban J connectivity index is 1.75. The van der Waals surface area contributed by atoms with E-state index in [2.05, 4.69) is 25.7 Å². The third-order valence-electron chi connectivity index (χ3n) is 3.66. The lowest BCUT2D eigenvalue weighted by Crippen LogP contribution is -2.13. The van der Waals surface area contributed by atoms with E-state index >= 15 is 0 Å². The minimum absolute atomic E-state index is 0.251. The number of carbonyl (C=O) groups excluding carboxylic acids is 1. The number of fused-ring (bicyclic) bond motifs is 2. The highest BCUT2D eigenvalue weighted by Gasteiger charge is 2.15. The third-order valence-corrected chi connectivity index (χ3v) is 3.66. The number of hydrogen-bond acceptors (Lipinski definition) is 3. The van der Waals surface area contributed by atoms with Crippen molar-refractivity contribution in [1.82, 2.24) is 20.4 Å². The molecule has 0 aliphatic rings. The summed E-state index contributed by atoms with van der Waals surface area (Å²) in [6.45, 7) is 1.99. The van der Waals surface area contributed by atoms with Crippen LogP contribution >= 0.6 is 0 Å². The molecule has 2 aromatic carbocycles. The monoisotopic (exact) mass is 291 g/mol. The van der Waals surface area contributed by atoms with Gasteiger partial charge >= 0.3 is 0 Å². The Kier molecular flexibility index (Phi) is 2.69. The number of benzene rings is 2. The fourth-order valence-corrected chi connectivity index (χ4v) is 2.56. The van der Waals surface area contributed by atoms with Crippen molar-refractivity contribution in [3.8, 4) is 0 Å². The summed E-state index contributed by atoms with van der Waals surface area (Å²) in [6, 6.07) is 11.5. The van der Waals surface area contributed by atoms with Gasteiger partial charge < -0.3 is 5.32 Å². The Bertz CT molecular complexity index is 998. The SMILES string of the molecule is Cc1ccc2[nH]nc(C(=O)Nc3cccc4cn[nH]c34)c2c1. The summed E-state index contributed by atoms with van der Waals surface area (Å²) in [6.07, 6.45) is 1.72. The van der Waals surface area contributed by atoms with Gasteiger partial charge in [0.25, 0.3) is 5.91 Å². The van der Waals surface area contributed by atoms with E-state index in [1.165, 1.54) is 0 Å².